The molecule has 0 saturated heterocycles. The van der Waals surface area contributed by atoms with Gasteiger partial charge in [-0.05, 0) is 44.3 Å². The zero-order chi connectivity index (χ0) is 24.9. The number of anilines is 1. The Morgan fingerprint density at radius 2 is 1.88 bits per heavy atom. The van der Waals surface area contributed by atoms with Gasteiger partial charge in [-0.25, -0.2) is 0 Å². The van der Waals surface area contributed by atoms with Crippen LogP contribution in [0.5, 0.6) is 0 Å². The zero-order valence-electron chi connectivity index (χ0n) is 18.9. The summed E-state index contributed by atoms with van der Waals surface area (Å²) < 4.78 is 41.0. The largest absolute Gasteiger partial charge is 0.416 e. The lowest BCUT2D eigenvalue weighted by molar-refractivity contribution is -0.137. The molecule has 1 atom stereocenters. The average molecular weight is 512 g/mol. The first kappa shape index (κ1) is 26.1. The molecule has 0 spiro atoms. The molecule has 34 heavy (non-hydrogen) atoms. The van der Waals surface area contributed by atoms with E-state index in [1.54, 1.807) is 0 Å². The fourth-order valence-electron chi connectivity index (χ4n) is 3.46. The number of nitrogens with zero attached hydrogens (tertiary/aromatic N) is 4. The van der Waals surface area contributed by atoms with E-state index in [4.69, 9.17) is 11.6 Å². The normalized spacial score (nSPS) is 12.7. The van der Waals surface area contributed by atoms with Crippen molar-refractivity contribution in [1.82, 2.24) is 19.7 Å². The monoisotopic (exact) mass is 511 g/mol. The van der Waals surface area contributed by atoms with Gasteiger partial charge in [0.1, 0.15) is 0 Å². The van der Waals surface area contributed by atoms with Crippen molar-refractivity contribution >= 4 is 35.0 Å². The van der Waals surface area contributed by atoms with Crippen LogP contribution < -0.4 is 5.32 Å². The van der Waals surface area contributed by atoms with Crippen molar-refractivity contribution in [2.75, 3.05) is 25.2 Å². The summed E-state index contributed by atoms with van der Waals surface area (Å²) in [6.07, 6.45) is -3.72. The van der Waals surface area contributed by atoms with Crippen LogP contribution in [-0.4, -0.2) is 45.4 Å². The molecule has 1 amide bonds. The van der Waals surface area contributed by atoms with E-state index in [2.05, 4.69) is 27.3 Å². The molecule has 2 aromatic carbocycles. The van der Waals surface area contributed by atoms with Crippen LogP contribution in [-0.2, 0) is 17.5 Å². The molecule has 0 aliphatic rings. The predicted molar refractivity (Wildman–Crippen MR) is 128 cm³/mol. The highest BCUT2D eigenvalue weighted by atomic mass is 35.5. The maximum atomic E-state index is 13.0. The van der Waals surface area contributed by atoms with Gasteiger partial charge in [-0.3, -0.25) is 9.69 Å². The molecule has 0 bridgehead atoms. The number of aromatic nitrogens is 3. The van der Waals surface area contributed by atoms with Crippen LogP contribution in [0.2, 0.25) is 5.02 Å². The number of nitrogens with one attached hydrogen (secondary N) is 1. The zero-order valence-corrected chi connectivity index (χ0v) is 20.5. The minimum atomic E-state index is -4.54. The molecule has 0 fully saturated rings. The average Bonchev–Trinajstić information content (AvgIpc) is 3.16. The second kappa shape index (κ2) is 11.2. The lowest BCUT2D eigenvalue weighted by atomic mass is 10.2. The molecule has 0 aliphatic heterocycles. The number of halogens is 4. The first-order chi connectivity index (χ1) is 16.1. The van der Waals surface area contributed by atoms with E-state index < -0.39 is 17.6 Å². The van der Waals surface area contributed by atoms with E-state index in [0.717, 1.165) is 47.8 Å². The van der Waals surface area contributed by atoms with E-state index in [1.807, 2.05) is 49.0 Å². The van der Waals surface area contributed by atoms with Crippen molar-refractivity contribution in [2.24, 2.45) is 0 Å². The van der Waals surface area contributed by atoms with E-state index in [9.17, 15) is 18.0 Å². The number of rotatable bonds is 9. The van der Waals surface area contributed by atoms with Gasteiger partial charge in [-0.15, -0.1) is 10.2 Å². The molecule has 0 unspecified atom stereocenters. The van der Waals surface area contributed by atoms with E-state index in [-0.39, 0.29) is 22.5 Å². The third-order valence-electron chi connectivity index (χ3n) is 5.14. The van der Waals surface area contributed by atoms with Crippen molar-refractivity contribution in [1.29, 1.82) is 0 Å². The van der Waals surface area contributed by atoms with Crippen LogP contribution in [0.1, 0.15) is 36.3 Å². The molecular weight excluding hydrogens is 487 g/mol. The van der Waals surface area contributed by atoms with Gasteiger partial charge in [-0.2, -0.15) is 13.2 Å². The van der Waals surface area contributed by atoms with Crippen LogP contribution in [0.4, 0.5) is 18.9 Å². The van der Waals surface area contributed by atoms with Crippen LogP contribution >= 0.6 is 23.4 Å². The number of hydrogen-bond acceptors (Lipinski definition) is 5. The standard InChI is InChI=1S/C23H25ClF3N5OS/c1-4-19(31(2)3)21-29-30-22(32(21)13-15-8-6-5-7-9-15)34-14-20(33)28-18-12-16(23(25,26)27)10-11-17(18)24/h5-12,19H,4,13-14H2,1-3H3,(H,28,33)/t19-/m0/s1. The molecule has 11 heteroatoms. The molecular formula is C23H25ClF3N5OS. The Kier molecular flexibility index (Phi) is 8.62. The fraction of sp³-hybridized carbons (Fsp3) is 0.348. The van der Waals surface area contributed by atoms with Crippen LogP contribution in [0.3, 0.4) is 0 Å². The van der Waals surface area contributed by atoms with Crippen LogP contribution in [0, 0.1) is 0 Å². The maximum absolute atomic E-state index is 13.0. The predicted octanol–water partition coefficient (Wildman–Crippen LogP) is 5.74. The second-order valence-electron chi connectivity index (χ2n) is 7.83. The quantitative estimate of drug-likeness (QED) is 0.371. The third kappa shape index (κ3) is 6.52. The number of benzene rings is 2. The highest BCUT2D eigenvalue weighted by Gasteiger charge is 2.31. The highest BCUT2D eigenvalue weighted by molar-refractivity contribution is 7.99. The Labute approximate surface area is 205 Å². The van der Waals surface area contributed by atoms with Crippen LogP contribution in [0.15, 0.2) is 53.7 Å². The Morgan fingerprint density at radius 3 is 2.50 bits per heavy atom. The third-order valence-corrected chi connectivity index (χ3v) is 6.43. The number of hydrogen-bond donors (Lipinski definition) is 1. The first-order valence-electron chi connectivity index (χ1n) is 10.5. The lowest BCUT2D eigenvalue weighted by Crippen LogP contribution is -2.23. The van der Waals surface area contributed by atoms with Crippen molar-refractivity contribution in [2.45, 2.75) is 37.3 Å². The SMILES string of the molecule is CC[C@@H](c1nnc(SCC(=O)Nc2cc(C(F)(F)F)ccc2Cl)n1Cc1ccccc1)N(C)C. The molecule has 182 valence electrons. The molecule has 6 nitrogen and oxygen atoms in total. The van der Waals surface area contributed by atoms with Gasteiger partial charge in [0.2, 0.25) is 5.91 Å². The van der Waals surface area contributed by atoms with Crippen molar-refractivity contribution < 1.29 is 18.0 Å². The van der Waals surface area contributed by atoms with Gasteiger partial charge in [0.15, 0.2) is 11.0 Å². The number of carbonyl (C=O) groups excluding carboxylic acids is 1. The van der Waals surface area contributed by atoms with Crippen LogP contribution in [0.25, 0.3) is 0 Å². The Hall–Kier alpha value is -2.56. The van der Waals surface area contributed by atoms with Crippen molar-refractivity contribution in [3.05, 3.63) is 70.5 Å². The summed E-state index contributed by atoms with van der Waals surface area (Å²) in [6, 6.07) is 12.7. The number of thioether (sulfide) groups is 1. The molecule has 1 heterocycles. The summed E-state index contributed by atoms with van der Waals surface area (Å²) in [5.74, 6) is 0.208. The van der Waals surface area contributed by atoms with Gasteiger partial charge in [0, 0.05) is 0 Å². The van der Waals surface area contributed by atoms with Crippen molar-refractivity contribution in [3.63, 3.8) is 0 Å². The molecule has 0 saturated carbocycles. The van der Waals surface area contributed by atoms with E-state index >= 15 is 0 Å². The summed E-state index contributed by atoms with van der Waals surface area (Å²) in [4.78, 5) is 14.6. The minimum absolute atomic E-state index is 0.0256. The van der Waals surface area contributed by atoms with Gasteiger partial charge < -0.3 is 9.88 Å². The van der Waals surface area contributed by atoms with E-state index in [0.29, 0.717) is 11.7 Å². The van der Waals surface area contributed by atoms with E-state index in [1.165, 1.54) is 0 Å². The summed E-state index contributed by atoms with van der Waals surface area (Å²) >= 11 is 7.15. The highest BCUT2D eigenvalue weighted by Crippen LogP contribution is 2.34. The number of alkyl halides is 3. The van der Waals surface area contributed by atoms with Gasteiger partial charge in [-0.1, -0.05) is 60.6 Å². The molecule has 0 radical (unpaired) electrons. The van der Waals surface area contributed by atoms with Gasteiger partial charge >= 0.3 is 6.18 Å². The topological polar surface area (TPSA) is 63.1 Å². The number of amides is 1. The summed E-state index contributed by atoms with van der Waals surface area (Å²) in [7, 11) is 3.93. The molecule has 0 aliphatic carbocycles. The Balaban J connectivity index is 1.79. The summed E-state index contributed by atoms with van der Waals surface area (Å²) in [6.45, 7) is 2.59. The summed E-state index contributed by atoms with van der Waals surface area (Å²) in [5, 5.41) is 11.7. The maximum Gasteiger partial charge on any atom is 0.416 e. The van der Waals surface area contributed by atoms with Gasteiger partial charge in [0.05, 0.1) is 34.6 Å². The Morgan fingerprint density at radius 1 is 1.18 bits per heavy atom. The molecule has 3 rings (SSSR count). The minimum Gasteiger partial charge on any atom is -0.324 e. The first-order valence-corrected chi connectivity index (χ1v) is 11.9. The smallest absolute Gasteiger partial charge is 0.324 e. The lowest BCUT2D eigenvalue weighted by Gasteiger charge is -2.23. The molecule has 1 N–H and O–H groups in total. The number of carbonyl (C=O) groups is 1. The Bertz CT molecular complexity index is 1120. The summed E-state index contributed by atoms with van der Waals surface area (Å²) in [5.41, 5.74) is 0.0767. The van der Waals surface area contributed by atoms with Gasteiger partial charge in [0.25, 0.3) is 0 Å². The van der Waals surface area contributed by atoms with Crippen molar-refractivity contribution in [3.8, 4) is 0 Å². The fourth-order valence-corrected chi connectivity index (χ4v) is 4.37. The molecule has 3 aromatic rings. The molecule has 1 aromatic heterocycles. The second-order valence-corrected chi connectivity index (χ2v) is 9.18.